The number of hydrogen-bond acceptors (Lipinski definition) is 1. The number of halogens is 6. The number of rotatable bonds is 5. The first kappa shape index (κ1) is 20.6. The van der Waals surface area contributed by atoms with Gasteiger partial charge in [0.05, 0.1) is 19.6 Å². The summed E-state index contributed by atoms with van der Waals surface area (Å²) in [6.45, 7) is 5.81. The van der Waals surface area contributed by atoms with Gasteiger partial charge in [-0.2, -0.15) is 0 Å². The molecule has 0 aliphatic carbocycles. The minimum Gasteiger partial charge on any atom is -0.443 e. The van der Waals surface area contributed by atoms with Gasteiger partial charge in [0.1, 0.15) is 0 Å². The molecule has 0 saturated carbocycles. The zero-order valence-corrected chi connectivity index (χ0v) is 12.7. The van der Waals surface area contributed by atoms with Gasteiger partial charge in [0.2, 0.25) is 0 Å². The lowest BCUT2D eigenvalue weighted by Gasteiger charge is -2.35. The molecule has 1 aliphatic heterocycles. The van der Waals surface area contributed by atoms with Gasteiger partial charge in [0.15, 0.2) is 6.73 Å². The highest BCUT2D eigenvalue weighted by Gasteiger charge is 2.53. The molecule has 0 aromatic rings. The van der Waals surface area contributed by atoms with Crippen molar-refractivity contribution in [3.63, 3.8) is 0 Å². The number of ether oxygens (including phenoxy) is 1. The third-order valence-corrected chi connectivity index (χ3v) is 3.21. The predicted molar refractivity (Wildman–Crippen MR) is 70.6 cm³/mol. The quantitative estimate of drug-likeness (QED) is 0.419. The third-order valence-electron chi connectivity index (χ3n) is 3.21. The Morgan fingerprint density at radius 2 is 1.52 bits per heavy atom. The van der Waals surface area contributed by atoms with Crippen molar-refractivity contribution in [1.29, 1.82) is 0 Å². The Labute approximate surface area is 122 Å². The summed E-state index contributed by atoms with van der Waals surface area (Å²) >= 11 is 0. The molecule has 0 N–H and O–H groups in total. The van der Waals surface area contributed by atoms with Crippen LogP contribution in [0.1, 0.15) is 33.6 Å². The van der Waals surface area contributed by atoms with E-state index in [1.54, 1.807) is 0 Å². The van der Waals surface area contributed by atoms with Crippen molar-refractivity contribution >= 4 is 6.98 Å². The van der Waals surface area contributed by atoms with E-state index in [-0.39, 0.29) is 0 Å². The van der Waals surface area contributed by atoms with Crippen LogP contribution in [0.5, 0.6) is 0 Å². The van der Waals surface area contributed by atoms with Gasteiger partial charge in [-0.1, -0.05) is 13.8 Å². The van der Waals surface area contributed by atoms with Crippen LogP contribution in [0.15, 0.2) is 0 Å². The van der Waals surface area contributed by atoms with Crippen LogP contribution >= 0.6 is 0 Å². The number of nitrogens with zero attached hydrogens (tertiary/aromatic N) is 1. The molecule has 1 rings (SSSR count). The van der Waals surface area contributed by atoms with Crippen LogP contribution in [0, 0.1) is 5.92 Å². The second-order valence-electron chi connectivity index (χ2n) is 5.81. The van der Waals surface area contributed by atoms with Crippen LogP contribution in [-0.2, 0) is 4.74 Å². The zero-order chi connectivity index (χ0) is 16.7. The summed E-state index contributed by atoms with van der Waals surface area (Å²) in [4.78, 5) is 0. The van der Waals surface area contributed by atoms with Gasteiger partial charge >= 0.3 is 13.1 Å². The molecule has 0 radical (unpaired) electrons. The van der Waals surface area contributed by atoms with Crippen molar-refractivity contribution in [2.24, 2.45) is 5.92 Å². The van der Waals surface area contributed by atoms with Gasteiger partial charge < -0.3 is 22.2 Å². The second kappa shape index (κ2) is 8.26. The summed E-state index contributed by atoms with van der Waals surface area (Å²) in [5, 5.41) is 0. The monoisotopic (exact) mass is 323 g/mol. The summed E-state index contributed by atoms with van der Waals surface area (Å²) in [5.41, 5.74) is 0. The summed E-state index contributed by atoms with van der Waals surface area (Å²) in [6.07, 6.45) is -3.22. The molecule has 0 atom stereocenters. The number of likely N-dealkylation sites (tertiary alicyclic amines) is 1. The first-order valence-corrected chi connectivity index (χ1v) is 7.12. The Hall–Kier alpha value is -0.435. The molecule has 0 spiro atoms. The smallest absolute Gasteiger partial charge is 0.443 e. The van der Waals surface area contributed by atoms with E-state index in [4.69, 9.17) is 4.74 Å². The lowest BCUT2D eigenvalue weighted by atomic mass is 9.92. The fourth-order valence-electron chi connectivity index (χ4n) is 2.43. The standard InChI is InChI=1S/C11H24NO.CBF6/c1-4-13-10-12(9-11(2)3)7-5-6-8-12;3-1(4,5)2(6,7)8/h11H,4-10H2,1-3H3;/q+1;-1. The molecule has 0 bridgehead atoms. The molecule has 0 amide bonds. The van der Waals surface area contributed by atoms with Crippen LogP contribution in [0.25, 0.3) is 0 Å². The Morgan fingerprint density at radius 3 is 1.81 bits per heavy atom. The average Bonchev–Trinajstić information content (AvgIpc) is 2.72. The SMILES string of the molecule is CCOC[N+]1(CC(C)C)CCCC1.F[B-](F)(F)C(F)(F)F. The van der Waals surface area contributed by atoms with Crippen LogP contribution < -0.4 is 0 Å². The maximum Gasteiger partial charge on any atom is 0.583 e. The Kier molecular flexibility index (Phi) is 8.09. The van der Waals surface area contributed by atoms with E-state index in [1.165, 1.54) is 37.0 Å². The van der Waals surface area contributed by atoms with Gasteiger partial charge in [-0.15, -0.1) is 0 Å². The maximum absolute atomic E-state index is 10.5. The fourth-order valence-corrected chi connectivity index (χ4v) is 2.43. The van der Waals surface area contributed by atoms with Crippen molar-refractivity contribution in [2.45, 2.75) is 39.7 Å². The van der Waals surface area contributed by atoms with Gasteiger partial charge in [-0.05, 0) is 6.92 Å². The van der Waals surface area contributed by atoms with E-state index in [2.05, 4.69) is 20.8 Å². The van der Waals surface area contributed by atoms with E-state index in [1.807, 2.05) is 0 Å². The summed E-state index contributed by atoms with van der Waals surface area (Å²) < 4.78 is 69.7. The molecule has 0 unspecified atom stereocenters. The van der Waals surface area contributed by atoms with Gasteiger partial charge in [0, 0.05) is 25.4 Å². The molecule has 1 saturated heterocycles. The molecule has 1 heterocycles. The zero-order valence-electron chi connectivity index (χ0n) is 12.7. The largest absolute Gasteiger partial charge is 0.583 e. The highest BCUT2D eigenvalue weighted by molar-refractivity contribution is 6.60. The van der Waals surface area contributed by atoms with Crippen LogP contribution in [-0.4, -0.2) is 50.5 Å². The number of hydrogen-bond donors (Lipinski definition) is 0. The normalized spacial score (nSPS) is 18.6. The molecule has 2 nitrogen and oxygen atoms in total. The lowest BCUT2D eigenvalue weighted by molar-refractivity contribution is -0.937. The highest BCUT2D eigenvalue weighted by Crippen LogP contribution is 2.31. The first-order chi connectivity index (χ1) is 9.43. The van der Waals surface area contributed by atoms with Crippen molar-refractivity contribution < 1.29 is 35.3 Å². The van der Waals surface area contributed by atoms with Crippen molar-refractivity contribution in [2.75, 3.05) is 33.0 Å². The molecule has 9 heteroatoms. The van der Waals surface area contributed by atoms with Crippen LogP contribution in [0.4, 0.5) is 26.1 Å². The molecule has 21 heavy (non-hydrogen) atoms. The van der Waals surface area contributed by atoms with Crippen molar-refractivity contribution in [1.82, 2.24) is 0 Å². The Bertz CT molecular complexity index is 274. The summed E-state index contributed by atoms with van der Waals surface area (Å²) in [6, 6.07) is 0. The molecule has 1 aliphatic rings. The molecular weight excluding hydrogens is 299 g/mol. The first-order valence-electron chi connectivity index (χ1n) is 7.12. The molecule has 0 aromatic heterocycles. The Balaban J connectivity index is 0.000000433. The summed E-state index contributed by atoms with van der Waals surface area (Å²) in [5.74, 6) is 0.790. The lowest BCUT2D eigenvalue weighted by Crippen LogP contribution is -2.49. The van der Waals surface area contributed by atoms with E-state index < -0.39 is 13.1 Å². The van der Waals surface area contributed by atoms with Crippen molar-refractivity contribution in [3.05, 3.63) is 0 Å². The number of alkyl halides is 3. The summed E-state index contributed by atoms with van der Waals surface area (Å²) in [7, 11) is 0. The highest BCUT2D eigenvalue weighted by atomic mass is 19.4. The molecule has 1 fully saturated rings. The fraction of sp³-hybridized carbons (Fsp3) is 1.00. The topological polar surface area (TPSA) is 9.23 Å². The second-order valence-corrected chi connectivity index (χ2v) is 5.81. The predicted octanol–water partition coefficient (Wildman–Crippen LogP) is 4.18. The van der Waals surface area contributed by atoms with Crippen molar-refractivity contribution in [3.8, 4) is 0 Å². The van der Waals surface area contributed by atoms with Gasteiger partial charge in [0.25, 0.3) is 0 Å². The minimum absolute atomic E-state index is 0.790. The van der Waals surface area contributed by atoms with E-state index in [0.29, 0.717) is 0 Å². The third kappa shape index (κ3) is 7.94. The maximum atomic E-state index is 10.5. The molecular formula is C12H24BF6NO. The number of quaternary nitrogens is 1. The molecule has 128 valence electrons. The van der Waals surface area contributed by atoms with E-state index >= 15 is 0 Å². The van der Waals surface area contributed by atoms with E-state index in [9.17, 15) is 26.1 Å². The Morgan fingerprint density at radius 1 is 1.10 bits per heavy atom. The van der Waals surface area contributed by atoms with E-state index in [0.717, 1.165) is 19.3 Å². The van der Waals surface area contributed by atoms with Gasteiger partial charge in [-0.25, -0.2) is 13.2 Å². The molecule has 0 aromatic carbocycles. The van der Waals surface area contributed by atoms with Crippen LogP contribution in [0.2, 0.25) is 0 Å². The minimum atomic E-state index is -6.65. The van der Waals surface area contributed by atoms with Crippen LogP contribution in [0.3, 0.4) is 0 Å². The average molecular weight is 323 g/mol. The van der Waals surface area contributed by atoms with Gasteiger partial charge in [-0.3, -0.25) is 0 Å².